The zero-order valence-corrected chi connectivity index (χ0v) is 15.6. The fraction of sp³-hybridized carbons (Fsp3) is 0.667. The summed E-state index contributed by atoms with van der Waals surface area (Å²) in [5.41, 5.74) is 1.20. The third-order valence-electron chi connectivity index (χ3n) is 5.03. The van der Waals surface area contributed by atoms with Crippen molar-refractivity contribution < 1.29 is 8.42 Å². The van der Waals surface area contributed by atoms with Crippen molar-refractivity contribution in [3.05, 3.63) is 29.8 Å². The smallest absolute Gasteiger partial charge is 0.243 e. The Bertz CT molecular complexity index is 629. The fourth-order valence-corrected chi connectivity index (χ4v) is 5.10. The summed E-state index contributed by atoms with van der Waals surface area (Å²) in [4.78, 5) is 2.85. The maximum atomic E-state index is 12.8. The molecule has 1 aromatic rings. The van der Waals surface area contributed by atoms with Crippen LogP contribution in [0.15, 0.2) is 29.2 Å². The second kappa shape index (κ2) is 7.52. The van der Waals surface area contributed by atoms with Gasteiger partial charge >= 0.3 is 0 Å². The average Bonchev–Trinajstić information content (AvgIpc) is 3.09. The maximum Gasteiger partial charge on any atom is 0.243 e. The summed E-state index contributed by atoms with van der Waals surface area (Å²) in [5, 5.41) is 3.38. The Morgan fingerprint density at radius 1 is 1.12 bits per heavy atom. The molecule has 0 amide bonds. The molecular weight excluding hydrogens is 322 g/mol. The van der Waals surface area contributed by atoms with Crippen molar-refractivity contribution in [2.45, 2.75) is 37.6 Å². The zero-order chi connectivity index (χ0) is 17.2. The Labute approximate surface area is 146 Å². The lowest BCUT2D eigenvalue weighted by molar-refractivity contribution is 0.145. The highest BCUT2D eigenvalue weighted by atomic mass is 32.2. The van der Waals surface area contributed by atoms with Crippen LogP contribution in [0.4, 0.5) is 0 Å². The number of hydrogen-bond acceptors (Lipinski definition) is 4. The standard InChI is InChI=1S/C18H29N3O2S/c1-15(2)13-16-3-5-18(6-4-16)24(22,23)21-11-9-20(10-12-21)17-7-8-19-14-17/h3-6,15,17,19H,7-14H2,1-2H3. The monoisotopic (exact) mass is 351 g/mol. The van der Waals surface area contributed by atoms with Crippen LogP contribution in [0, 0.1) is 5.92 Å². The molecule has 0 aliphatic carbocycles. The van der Waals surface area contributed by atoms with Crippen molar-refractivity contribution in [3.63, 3.8) is 0 Å². The van der Waals surface area contributed by atoms with Gasteiger partial charge in [0.2, 0.25) is 10.0 Å². The number of piperazine rings is 1. The van der Waals surface area contributed by atoms with E-state index in [9.17, 15) is 8.42 Å². The molecule has 6 heteroatoms. The molecule has 2 heterocycles. The molecule has 0 aromatic heterocycles. The lowest BCUT2D eigenvalue weighted by Crippen LogP contribution is -2.52. The van der Waals surface area contributed by atoms with Crippen LogP contribution >= 0.6 is 0 Å². The molecule has 24 heavy (non-hydrogen) atoms. The number of nitrogens with zero attached hydrogens (tertiary/aromatic N) is 2. The highest BCUT2D eigenvalue weighted by Gasteiger charge is 2.31. The van der Waals surface area contributed by atoms with Crippen LogP contribution in [0.1, 0.15) is 25.8 Å². The van der Waals surface area contributed by atoms with Crippen LogP contribution in [0.3, 0.4) is 0 Å². The van der Waals surface area contributed by atoms with E-state index < -0.39 is 10.0 Å². The van der Waals surface area contributed by atoms with Gasteiger partial charge < -0.3 is 5.32 Å². The summed E-state index contributed by atoms with van der Waals surface area (Å²) in [6, 6.07) is 8.01. The van der Waals surface area contributed by atoms with E-state index in [0.29, 0.717) is 29.9 Å². The Hall–Kier alpha value is -0.950. The second-order valence-corrected chi connectivity index (χ2v) is 9.27. The predicted molar refractivity (Wildman–Crippen MR) is 96.6 cm³/mol. The molecule has 1 unspecified atom stereocenters. The highest BCUT2D eigenvalue weighted by molar-refractivity contribution is 7.89. The molecule has 0 radical (unpaired) electrons. The summed E-state index contributed by atoms with van der Waals surface area (Å²) in [7, 11) is -3.36. The number of benzene rings is 1. The predicted octanol–water partition coefficient (Wildman–Crippen LogP) is 1.55. The first-order valence-electron chi connectivity index (χ1n) is 9.00. The number of sulfonamides is 1. The van der Waals surface area contributed by atoms with Crippen molar-refractivity contribution in [2.24, 2.45) is 5.92 Å². The van der Waals surface area contributed by atoms with Gasteiger partial charge in [0.25, 0.3) is 0 Å². The highest BCUT2D eigenvalue weighted by Crippen LogP contribution is 2.21. The van der Waals surface area contributed by atoms with Crippen molar-refractivity contribution in [1.82, 2.24) is 14.5 Å². The minimum Gasteiger partial charge on any atom is -0.315 e. The van der Waals surface area contributed by atoms with Crippen LogP contribution in [0.5, 0.6) is 0 Å². The molecule has 2 aliphatic rings. The van der Waals surface area contributed by atoms with Gasteiger partial charge in [-0.15, -0.1) is 0 Å². The summed E-state index contributed by atoms with van der Waals surface area (Å²) in [6.45, 7) is 9.29. The summed E-state index contributed by atoms with van der Waals surface area (Å²) < 4.78 is 27.3. The van der Waals surface area contributed by atoms with Gasteiger partial charge in [-0.3, -0.25) is 4.90 Å². The molecule has 0 saturated carbocycles. The Balaban J connectivity index is 1.63. The van der Waals surface area contributed by atoms with E-state index in [1.165, 1.54) is 12.0 Å². The SMILES string of the molecule is CC(C)Cc1ccc(S(=O)(=O)N2CCN(C3CCNC3)CC2)cc1. The minimum absolute atomic E-state index is 0.422. The number of rotatable bonds is 5. The van der Waals surface area contributed by atoms with Crippen molar-refractivity contribution in [2.75, 3.05) is 39.3 Å². The summed E-state index contributed by atoms with van der Waals surface area (Å²) in [5.74, 6) is 0.575. The molecule has 2 aliphatic heterocycles. The quantitative estimate of drug-likeness (QED) is 0.875. The van der Waals surface area contributed by atoms with Crippen LogP contribution in [0.25, 0.3) is 0 Å². The molecule has 1 atom stereocenters. The summed E-state index contributed by atoms with van der Waals surface area (Å²) in [6.07, 6.45) is 2.15. The molecule has 5 nitrogen and oxygen atoms in total. The van der Waals surface area contributed by atoms with E-state index >= 15 is 0 Å². The first kappa shape index (κ1) is 17.9. The van der Waals surface area contributed by atoms with Crippen LogP contribution < -0.4 is 5.32 Å². The minimum atomic E-state index is -3.36. The van der Waals surface area contributed by atoms with Gasteiger partial charge in [-0.2, -0.15) is 4.31 Å². The fourth-order valence-electron chi connectivity index (χ4n) is 3.68. The number of nitrogens with one attached hydrogen (secondary N) is 1. The van der Waals surface area contributed by atoms with E-state index in [4.69, 9.17) is 0 Å². The largest absolute Gasteiger partial charge is 0.315 e. The molecule has 1 N–H and O–H groups in total. The Morgan fingerprint density at radius 2 is 1.79 bits per heavy atom. The third-order valence-corrected chi connectivity index (χ3v) is 6.94. The van der Waals surface area contributed by atoms with Gasteiger partial charge in [-0.1, -0.05) is 26.0 Å². The maximum absolute atomic E-state index is 12.8. The molecular formula is C18H29N3O2S. The molecule has 1 aromatic carbocycles. The topological polar surface area (TPSA) is 52.7 Å². The second-order valence-electron chi connectivity index (χ2n) is 7.33. The van der Waals surface area contributed by atoms with E-state index in [0.717, 1.165) is 32.6 Å². The lowest BCUT2D eigenvalue weighted by Gasteiger charge is -2.37. The summed E-state index contributed by atoms with van der Waals surface area (Å²) >= 11 is 0. The first-order chi connectivity index (χ1) is 11.5. The van der Waals surface area contributed by atoms with E-state index in [-0.39, 0.29) is 0 Å². The zero-order valence-electron chi connectivity index (χ0n) is 14.7. The van der Waals surface area contributed by atoms with Gasteiger partial charge in [0.05, 0.1) is 4.90 Å². The number of hydrogen-bond donors (Lipinski definition) is 1. The molecule has 3 rings (SSSR count). The van der Waals surface area contributed by atoms with Crippen molar-refractivity contribution in [1.29, 1.82) is 0 Å². The van der Waals surface area contributed by atoms with E-state index in [1.54, 1.807) is 16.4 Å². The molecule has 2 fully saturated rings. The van der Waals surface area contributed by atoms with Gasteiger partial charge in [0.1, 0.15) is 0 Å². The van der Waals surface area contributed by atoms with Crippen molar-refractivity contribution in [3.8, 4) is 0 Å². The molecule has 134 valence electrons. The Morgan fingerprint density at radius 3 is 2.33 bits per heavy atom. The molecule has 2 saturated heterocycles. The van der Waals surface area contributed by atoms with Gasteiger partial charge in [0, 0.05) is 38.8 Å². The van der Waals surface area contributed by atoms with Gasteiger partial charge in [-0.05, 0) is 43.0 Å². The van der Waals surface area contributed by atoms with E-state index in [2.05, 4.69) is 24.1 Å². The normalized spacial score (nSPS) is 23.9. The third kappa shape index (κ3) is 3.99. The van der Waals surface area contributed by atoms with Crippen LogP contribution in [-0.2, 0) is 16.4 Å². The van der Waals surface area contributed by atoms with Gasteiger partial charge in [0.15, 0.2) is 0 Å². The Kier molecular flexibility index (Phi) is 5.59. The average molecular weight is 352 g/mol. The van der Waals surface area contributed by atoms with Crippen molar-refractivity contribution >= 4 is 10.0 Å². The van der Waals surface area contributed by atoms with Crippen LogP contribution in [0.2, 0.25) is 0 Å². The van der Waals surface area contributed by atoms with Gasteiger partial charge in [-0.25, -0.2) is 8.42 Å². The molecule has 0 bridgehead atoms. The van der Waals surface area contributed by atoms with Crippen LogP contribution in [-0.4, -0.2) is 62.9 Å². The first-order valence-corrected chi connectivity index (χ1v) is 10.4. The van der Waals surface area contributed by atoms with E-state index in [1.807, 2.05) is 12.1 Å². The molecule has 0 spiro atoms. The lowest BCUT2D eigenvalue weighted by atomic mass is 10.0.